The molecular weight excluding hydrogens is 397 g/mol. The molecule has 0 saturated carbocycles. The van der Waals surface area contributed by atoms with Crippen LogP contribution >= 0.6 is 24.0 Å². The van der Waals surface area contributed by atoms with E-state index in [4.69, 9.17) is 16.6 Å². The number of carbonyl (C=O) groups is 1. The maximum absolute atomic E-state index is 13.2. The molecule has 4 rings (SSSR count). The lowest BCUT2D eigenvalue weighted by atomic mass is 10.0. The number of hydrogen-bond acceptors (Lipinski definition) is 5. The Kier molecular flexibility index (Phi) is 4.64. The first-order chi connectivity index (χ1) is 13.3. The molecule has 4 nitrogen and oxygen atoms in total. The van der Waals surface area contributed by atoms with Crippen molar-refractivity contribution in [3.63, 3.8) is 0 Å². The van der Waals surface area contributed by atoms with Gasteiger partial charge >= 0.3 is 0 Å². The Morgan fingerprint density at radius 3 is 2.57 bits per heavy atom. The highest BCUT2D eigenvalue weighted by Crippen LogP contribution is 2.36. The number of benzene rings is 2. The molecule has 0 unspecified atom stereocenters. The summed E-state index contributed by atoms with van der Waals surface area (Å²) in [7, 11) is 0. The number of hydrogen-bond donors (Lipinski definition) is 0. The second kappa shape index (κ2) is 7.00. The molecule has 0 N–H and O–H groups in total. The third-order valence-corrected chi connectivity index (χ3v) is 5.71. The van der Waals surface area contributed by atoms with Gasteiger partial charge in [0, 0.05) is 0 Å². The van der Waals surface area contributed by atoms with Gasteiger partial charge in [0.2, 0.25) is 0 Å². The average molecular weight is 411 g/mol. The predicted octanol–water partition coefficient (Wildman–Crippen LogP) is 4.95. The molecule has 3 aromatic rings. The quantitative estimate of drug-likeness (QED) is 0.441. The van der Waals surface area contributed by atoms with Crippen molar-refractivity contribution in [3.05, 3.63) is 80.3 Å². The van der Waals surface area contributed by atoms with Crippen molar-refractivity contribution in [2.45, 2.75) is 13.8 Å². The van der Waals surface area contributed by atoms with Crippen LogP contribution in [0, 0.1) is 19.7 Å². The molecule has 1 saturated heterocycles. The first-order valence-electron chi connectivity index (χ1n) is 8.41. The molecule has 0 aliphatic carbocycles. The molecule has 1 aliphatic heterocycles. The van der Waals surface area contributed by atoms with Crippen LogP contribution in [0.4, 0.5) is 10.1 Å². The summed E-state index contributed by atoms with van der Waals surface area (Å²) >= 11 is 6.39. The number of anilines is 1. The second-order valence-electron chi connectivity index (χ2n) is 6.47. The van der Waals surface area contributed by atoms with E-state index in [-0.39, 0.29) is 16.9 Å². The highest BCUT2D eigenvalue weighted by Gasteiger charge is 2.33. The SMILES string of the molecule is Cc1cc(C)c2c(=O)c(/C=C3/SC(=S)N(c4ccc(F)cc4)C3=O)coc2c1. The van der Waals surface area contributed by atoms with Gasteiger partial charge < -0.3 is 4.42 Å². The van der Waals surface area contributed by atoms with E-state index in [1.54, 1.807) is 0 Å². The topological polar surface area (TPSA) is 50.5 Å². The summed E-state index contributed by atoms with van der Waals surface area (Å²) in [6, 6.07) is 9.22. The minimum atomic E-state index is -0.399. The summed E-state index contributed by atoms with van der Waals surface area (Å²) in [4.78, 5) is 27.4. The summed E-state index contributed by atoms with van der Waals surface area (Å²) in [6.07, 6.45) is 2.85. The fraction of sp³-hybridized carbons (Fsp3) is 0.0952. The lowest BCUT2D eigenvalue weighted by Gasteiger charge is -2.14. The maximum Gasteiger partial charge on any atom is 0.270 e. The van der Waals surface area contributed by atoms with Crippen molar-refractivity contribution < 1.29 is 13.6 Å². The Balaban J connectivity index is 1.76. The van der Waals surface area contributed by atoms with Gasteiger partial charge in [0.15, 0.2) is 9.75 Å². The molecule has 0 atom stereocenters. The van der Waals surface area contributed by atoms with Gasteiger partial charge in [-0.05, 0) is 61.4 Å². The van der Waals surface area contributed by atoms with Gasteiger partial charge in [-0.3, -0.25) is 14.5 Å². The van der Waals surface area contributed by atoms with E-state index in [0.29, 0.717) is 25.9 Å². The minimum Gasteiger partial charge on any atom is -0.463 e. The largest absolute Gasteiger partial charge is 0.463 e. The van der Waals surface area contributed by atoms with E-state index in [9.17, 15) is 14.0 Å². The third-order valence-electron chi connectivity index (χ3n) is 4.41. The molecule has 7 heteroatoms. The number of fused-ring (bicyclic) bond motifs is 1. The first-order valence-corrected chi connectivity index (χ1v) is 9.64. The summed E-state index contributed by atoms with van der Waals surface area (Å²) in [5.41, 5.74) is 2.88. The van der Waals surface area contributed by atoms with Gasteiger partial charge in [-0.15, -0.1) is 0 Å². The smallest absolute Gasteiger partial charge is 0.270 e. The van der Waals surface area contributed by atoms with Gasteiger partial charge in [0.25, 0.3) is 5.91 Å². The van der Waals surface area contributed by atoms with Crippen molar-refractivity contribution in [2.75, 3.05) is 4.90 Å². The molecular formula is C21H14FNO3S2. The van der Waals surface area contributed by atoms with Crippen LogP contribution in [0.15, 0.2) is 56.8 Å². The molecule has 0 bridgehead atoms. The van der Waals surface area contributed by atoms with Crippen molar-refractivity contribution in [2.24, 2.45) is 0 Å². The molecule has 2 aromatic carbocycles. The van der Waals surface area contributed by atoms with E-state index < -0.39 is 5.82 Å². The number of nitrogens with zero attached hydrogens (tertiary/aromatic N) is 1. The number of carbonyl (C=O) groups excluding carboxylic acids is 1. The van der Waals surface area contributed by atoms with Crippen LogP contribution in [0.1, 0.15) is 16.7 Å². The Labute approximate surface area is 169 Å². The van der Waals surface area contributed by atoms with Crippen molar-refractivity contribution in [1.29, 1.82) is 0 Å². The number of rotatable bonds is 2. The van der Waals surface area contributed by atoms with E-state index in [2.05, 4.69) is 0 Å². The molecule has 1 aliphatic rings. The molecule has 28 heavy (non-hydrogen) atoms. The van der Waals surface area contributed by atoms with Gasteiger partial charge in [0.05, 0.1) is 21.5 Å². The van der Waals surface area contributed by atoms with Gasteiger partial charge in [-0.25, -0.2) is 4.39 Å². The van der Waals surface area contributed by atoms with Crippen molar-refractivity contribution in [1.82, 2.24) is 0 Å². The minimum absolute atomic E-state index is 0.203. The molecule has 1 fully saturated rings. The fourth-order valence-electron chi connectivity index (χ4n) is 3.16. The number of aryl methyl sites for hydroxylation is 2. The molecule has 140 valence electrons. The van der Waals surface area contributed by atoms with Crippen LogP contribution in [-0.2, 0) is 4.79 Å². The Bertz CT molecular complexity index is 1230. The van der Waals surface area contributed by atoms with E-state index in [0.717, 1.165) is 22.9 Å². The van der Waals surface area contributed by atoms with Crippen LogP contribution in [0.25, 0.3) is 17.0 Å². The lowest BCUT2D eigenvalue weighted by molar-refractivity contribution is -0.113. The van der Waals surface area contributed by atoms with Gasteiger partial charge in [0.1, 0.15) is 17.7 Å². The van der Waals surface area contributed by atoms with Crippen LogP contribution in [0.5, 0.6) is 0 Å². The van der Waals surface area contributed by atoms with Crippen LogP contribution < -0.4 is 10.3 Å². The summed E-state index contributed by atoms with van der Waals surface area (Å²) in [5, 5.41) is 0.494. The zero-order valence-corrected chi connectivity index (χ0v) is 16.6. The number of thioether (sulfide) groups is 1. The average Bonchev–Trinajstić information content (AvgIpc) is 2.91. The first kappa shape index (κ1) is 18.6. The van der Waals surface area contributed by atoms with Crippen molar-refractivity contribution in [3.8, 4) is 0 Å². The van der Waals surface area contributed by atoms with Gasteiger partial charge in [-0.1, -0.05) is 30.0 Å². The lowest BCUT2D eigenvalue weighted by Crippen LogP contribution is -2.27. The Morgan fingerprint density at radius 2 is 1.86 bits per heavy atom. The van der Waals surface area contributed by atoms with Crippen LogP contribution in [0.3, 0.4) is 0 Å². The zero-order valence-electron chi connectivity index (χ0n) is 15.0. The summed E-state index contributed by atoms with van der Waals surface area (Å²) < 4.78 is 19.1. The molecule has 0 radical (unpaired) electrons. The molecule has 2 heterocycles. The highest BCUT2D eigenvalue weighted by atomic mass is 32.2. The molecule has 0 spiro atoms. The summed E-state index contributed by atoms with van der Waals surface area (Å²) in [6.45, 7) is 3.78. The number of amides is 1. The fourth-order valence-corrected chi connectivity index (χ4v) is 4.45. The third kappa shape index (κ3) is 3.16. The Morgan fingerprint density at radius 1 is 1.14 bits per heavy atom. The predicted molar refractivity (Wildman–Crippen MR) is 114 cm³/mol. The number of halogens is 1. The Hall–Kier alpha value is -2.77. The normalized spacial score (nSPS) is 15.8. The monoisotopic (exact) mass is 411 g/mol. The van der Waals surface area contributed by atoms with Crippen molar-refractivity contribution >= 4 is 56.9 Å². The van der Waals surface area contributed by atoms with Gasteiger partial charge in [-0.2, -0.15) is 0 Å². The van der Waals surface area contributed by atoms with E-state index >= 15 is 0 Å². The zero-order chi connectivity index (χ0) is 20.0. The van der Waals surface area contributed by atoms with E-state index in [1.165, 1.54) is 41.5 Å². The van der Waals surface area contributed by atoms with Crippen LogP contribution in [0.2, 0.25) is 0 Å². The standard InChI is InChI=1S/C21H14FNO3S2/c1-11-7-12(2)18-16(8-11)26-10-13(19(18)24)9-17-20(25)23(21(27)28-17)15-5-3-14(22)4-6-15/h3-10H,1-2H3/b17-9+. The maximum atomic E-state index is 13.2. The molecule has 1 aromatic heterocycles. The van der Waals surface area contributed by atoms with E-state index in [1.807, 2.05) is 26.0 Å². The highest BCUT2D eigenvalue weighted by molar-refractivity contribution is 8.27. The molecule has 1 amide bonds. The van der Waals surface area contributed by atoms with Crippen LogP contribution in [-0.4, -0.2) is 10.2 Å². The summed E-state index contributed by atoms with van der Waals surface area (Å²) in [5.74, 6) is -0.758. The second-order valence-corrected chi connectivity index (χ2v) is 8.14. The number of thiocarbonyl (C=S) groups is 1.